The molecule has 0 aliphatic heterocycles. The lowest BCUT2D eigenvalue weighted by Gasteiger charge is -2.06. The van der Waals surface area contributed by atoms with Crippen molar-refractivity contribution in [3.05, 3.63) is 34.7 Å². The highest BCUT2D eigenvalue weighted by molar-refractivity contribution is 7.99. The summed E-state index contributed by atoms with van der Waals surface area (Å²) in [7, 11) is 0. The number of nitrogens with zero attached hydrogens (tertiary/aromatic N) is 5. The summed E-state index contributed by atoms with van der Waals surface area (Å²) in [6, 6.07) is 5.16. The highest BCUT2D eigenvalue weighted by atomic mass is 32.2. The lowest BCUT2D eigenvalue weighted by atomic mass is 10.5. The Kier molecular flexibility index (Phi) is 5.75. The number of rotatable bonds is 8. The number of thioether (sulfide) groups is 1. The summed E-state index contributed by atoms with van der Waals surface area (Å²) in [6.07, 6.45) is 1.79. The molecule has 0 atom stereocenters. The Morgan fingerprint density at radius 1 is 1.35 bits per heavy atom. The van der Waals surface area contributed by atoms with E-state index < -0.39 is 0 Å². The molecule has 8 heteroatoms. The third-order valence-electron chi connectivity index (χ3n) is 2.71. The molecule has 0 aliphatic rings. The zero-order chi connectivity index (χ0) is 14.2. The molecule has 108 valence electrons. The molecule has 1 N–H and O–H groups in total. The van der Waals surface area contributed by atoms with Gasteiger partial charge < -0.3 is 9.88 Å². The Hall–Kier alpha value is -1.67. The Bertz CT molecular complexity index is 581. The normalized spacial score (nSPS) is 10.8. The number of hydrogen-bond acceptors (Lipinski definition) is 6. The van der Waals surface area contributed by atoms with Crippen molar-refractivity contribution >= 4 is 11.8 Å². The number of aromatic nitrogens is 5. The van der Waals surface area contributed by atoms with Crippen LogP contribution in [0, 0.1) is 0 Å². The minimum Gasteiger partial charge on any atom is -0.315 e. The molecule has 0 bridgehead atoms. The van der Waals surface area contributed by atoms with E-state index in [1.807, 2.05) is 6.07 Å². The maximum atomic E-state index is 11.6. The molecule has 0 radical (unpaired) electrons. The van der Waals surface area contributed by atoms with Gasteiger partial charge in [-0.1, -0.05) is 24.8 Å². The molecule has 0 saturated heterocycles. The van der Waals surface area contributed by atoms with Crippen LogP contribution in [0.5, 0.6) is 0 Å². The average Bonchev–Trinajstić information content (AvgIpc) is 2.89. The first-order valence-electron chi connectivity index (χ1n) is 6.56. The number of hydrogen-bond donors (Lipinski definition) is 1. The van der Waals surface area contributed by atoms with Crippen LogP contribution in [0.25, 0.3) is 0 Å². The summed E-state index contributed by atoms with van der Waals surface area (Å²) in [6.45, 7) is 5.22. The zero-order valence-electron chi connectivity index (χ0n) is 11.4. The fourth-order valence-corrected chi connectivity index (χ4v) is 2.52. The maximum Gasteiger partial charge on any atom is 0.250 e. The molecular formula is C12H18N6OS. The van der Waals surface area contributed by atoms with Gasteiger partial charge in [-0.15, -0.1) is 5.10 Å². The largest absolute Gasteiger partial charge is 0.315 e. The minimum absolute atomic E-state index is 0.0137. The molecule has 2 heterocycles. The fraction of sp³-hybridized carbons (Fsp3) is 0.500. The van der Waals surface area contributed by atoms with Gasteiger partial charge in [-0.05, 0) is 23.0 Å². The average molecular weight is 294 g/mol. The second-order valence-electron chi connectivity index (χ2n) is 4.12. The number of nitrogens with one attached hydrogen (secondary N) is 1. The van der Waals surface area contributed by atoms with Crippen molar-refractivity contribution in [1.29, 1.82) is 0 Å². The monoisotopic (exact) mass is 294 g/mol. The molecule has 0 spiro atoms. The Balaban J connectivity index is 1.84. The molecule has 0 fully saturated rings. The Morgan fingerprint density at radius 2 is 2.25 bits per heavy atom. The van der Waals surface area contributed by atoms with Gasteiger partial charge >= 0.3 is 0 Å². The predicted molar refractivity (Wildman–Crippen MR) is 77.8 cm³/mol. The highest BCUT2D eigenvalue weighted by Gasteiger charge is 2.06. The van der Waals surface area contributed by atoms with Crippen LogP contribution >= 0.6 is 11.8 Å². The molecule has 0 amide bonds. The van der Waals surface area contributed by atoms with E-state index in [-0.39, 0.29) is 5.56 Å². The van der Waals surface area contributed by atoms with E-state index in [1.54, 1.807) is 39.3 Å². The molecule has 0 aromatic carbocycles. The summed E-state index contributed by atoms with van der Waals surface area (Å²) in [5.74, 6) is 0.755. The number of pyridine rings is 1. The van der Waals surface area contributed by atoms with Crippen molar-refractivity contribution < 1.29 is 0 Å². The quantitative estimate of drug-likeness (QED) is 0.555. The fourth-order valence-electron chi connectivity index (χ4n) is 1.68. The van der Waals surface area contributed by atoms with Gasteiger partial charge in [0.25, 0.3) is 5.56 Å². The van der Waals surface area contributed by atoms with Crippen LogP contribution in [-0.4, -0.2) is 43.6 Å². The lowest BCUT2D eigenvalue weighted by molar-refractivity contribution is 0.517. The Labute approximate surface area is 121 Å². The van der Waals surface area contributed by atoms with E-state index in [4.69, 9.17) is 0 Å². The van der Waals surface area contributed by atoms with Gasteiger partial charge in [-0.2, -0.15) is 0 Å². The van der Waals surface area contributed by atoms with E-state index in [9.17, 15) is 4.79 Å². The van der Waals surface area contributed by atoms with Crippen LogP contribution in [0.4, 0.5) is 0 Å². The first kappa shape index (κ1) is 14.7. The highest BCUT2D eigenvalue weighted by Crippen LogP contribution is 2.13. The number of tetrazole rings is 1. The van der Waals surface area contributed by atoms with Gasteiger partial charge in [0.2, 0.25) is 5.16 Å². The van der Waals surface area contributed by atoms with E-state index in [2.05, 4.69) is 27.8 Å². The van der Waals surface area contributed by atoms with E-state index >= 15 is 0 Å². The summed E-state index contributed by atoms with van der Waals surface area (Å²) in [5.41, 5.74) is 0.0137. The molecule has 0 aliphatic carbocycles. The molecule has 0 unspecified atom stereocenters. The number of likely N-dealkylation sites (N-methyl/N-ethyl adjacent to an activating group) is 1. The minimum atomic E-state index is 0.0137. The molecule has 0 saturated carbocycles. The van der Waals surface area contributed by atoms with Gasteiger partial charge in [-0.25, -0.2) is 4.68 Å². The van der Waals surface area contributed by atoms with Crippen molar-refractivity contribution in [2.45, 2.75) is 25.2 Å². The first-order valence-corrected chi connectivity index (χ1v) is 7.55. The SMILES string of the molecule is CCNCCn1nnnc1SCCn1ccccc1=O. The van der Waals surface area contributed by atoms with Gasteiger partial charge in [0, 0.05) is 31.1 Å². The van der Waals surface area contributed by atoms with Gasteiger partial charge in [-0.3, -0.25) is 4.79 Å². The van der Waals surface area contributed by atoms with Crippen LogP contribution in [0.3, 0.4) is 0 Å². The molecule has 2 aromatic rings. The Morgan fingerprint density at radius 3 is 3.05 bits per heavy atom. The topological polar surface area (TPSA) is 77.6 Å². The van der Waals surface area contributed by atoms with E-state index in [0.29, 0.717) is 6.54 Å². The van der Waals surface area contributed by atoms with Crippen LogP contribution in [0.15, 0.2) is 34.3 Å². The molecule has 2 rings (SSSR count). The van der Waals surface area contributed by atoms with Gasteiger partial charge in [0.1, 0.15) is 0 Å². The summed E-state index contributed by atoms with van der Waals surface area (Å²) in [4.78, 5) is 11.6. The molecular weight excluding hydrogens is 276 g/mol. The zero-order valence-corrected chi connectivity index (χ0v) is 12.2. The third-order valence-corrected chi connectivity index (χ3v) is 3.65. The summed E-state index contributed by atoms with van der Waals surface area (Å²) in [5, 5.41) is 15.7. The second-order valence-corrected chi connectivity index (χ2v) is 5.18. The molecule has 7 nitrogen and oxygen atoms in total. The standard InChI is InChI=1S/C12H18N6OS/c1-2-13-6-8-18-12(14-15-16-18)20-10-9-17-7-4-3-5-11(17)19/h3-5,7,13H,2,6,8-10H2,1H3. The van der Waals surface area contributed by atoms with E-state index in [1.165, 1.54) is 0 Å². The van der Waals surface area contributed by atoms with Crippen molar-refractivity contribution in [3.8, 4) is 0 Å². The smallest absolute Gasteiger partial charge is 0.250 e. The number of aryl methyl sites for hydroxylation is 1. The second kappa shape index (κ2) is 7.81. The lowest BCUT2D eigenvalue weighted by Crippen LogP contribution is -2.21. The summed E-state index contributed by atoms with van der Waals surface area (Å²) >= 11 is 1.55. The van der Waals surface area contributed by atoms with Crippen molar-refractivity contribution in [2.75, 3.05) is 18.8 Å². The molecule has 2 aromatic heterocycles. The van der Waals surface area contributed by atoms with Gasteiger partial charge in [0.15, 0.2) is 0 Å². The maximum absolute atomic E-state index is 11.6. The summed E-state index contributed by atoms with van der Waals surface area (Å²) < 4.78 is 3.46. The first-order chi connectivity index (χ1) is 9.81. The van der Waals surface area contributed by atoms with Crippen LogP contribution < -0.4 is 10.9 Å². The van der Waals surface area contributed by atoms with Crippen LogP contribution in [0.2, 0.25) is 0 Å². The molecule has 20 heavy (non-hydrogen) atoms. The third kappa shape index (κ3) is 4.17. The van der Waals surface area contributed by atoms with Gasteiger partial charge in [0.05, 0.1) is 6.54 Å². The van der Waals surface area contributed by atoms with Crippen molar-refractivity contribution in [2.24, 2.45) is 0 Å². The predicted octanol–water partition coefficient (Wildman–Crippen LogP) is 0.237. The van der Waals surface area contributed by atoms with Crippen LogP contribution in [-0.2, 0) is 13.1 Å². The van der Waals surface area contributed by atoms with Crippen molar-refractivity contribution in [1.82, 2.24) is 30.1 Å². The van der Waals surface area contributed by atoms with E-state index in [0.717, 1.165) is 30.5 Å². The van der Waals surface area contributed by atoms with Crippen LogP contribution in [0.1, 0.15) is 6.92 Å². The van der Waals surface area contributed by atoms with Crippen molar-refractivity contribution in [3.63, 3.8) is 0 Å².